The maximum Gasteiger partial charge on any atom is 0.0451 e. The van der Waals surface area contributed by atoms with Gasteiger partial charge in [-0.25, -0.2) is 0 Å². The molecule has 0 fully saturated rings. The molecule has 0 bridgehead atoms. The third-order valence-electron chi connectivity index (χ3n) is 1.67. The van der Waals surface area contributed by atoms with Crippen molar-refractivity contribution in [3.05, 3.63) is 33.3 Å². The van der Waals surface area contributed by atoms with Gasteiger partial charge in [-0.1, -0.05) is 33.5 Å². The minimum absolute atomic E-state index is 0.0648. The first-order valence-corrected chi connectivity index (χ1v) is 4.73. The molecule has 1 unspecified atom stereocenters. The number of hydrogen-bond acceptors (Lipinski definition) is 0. The van der Waals surface area contributed by atoms with Crippen molar-refractivity contribution in [3.63, 3.8) is 0 Å². The van der Waals surface area contributed by atoms with Crippen LogP contribution in [-0.2, 0) is 0 Å². The van der Waals surface area contributed by atoms with Gasteiger partial charge in [0, 0.05) is 15.4 Å². The first-order valence-electron chi connectivity index (χ1n) is 3.56. The van der Waals surface area contributed by atoms with E-state index in [-0.39, 0.29) is 5.92 Å². The van der Waals surface area contributed by atoms with Crippen LogP contribution < -0.4 is 0 Å². The second-order valence-electron chi connectivity index (χ2n) is 2.55. The summed E-state index contributed by atoms with van der Waals surface area (Å²) >= 11 is 9.32. The zero-order valence-electron chi connectivity index (χ0n) is 6.64. The Morgan fingerprint density at radius 1 is 1.58 bits per heavy atom. The van der Waals surface area contributed by atoms with E-state index in [1.807, 2.05) is 25.1 Å². The Morgan fingerprint density at radius 2 is 2.25 bits per heavy atom. The van der Waals surface area contributed by atoms with Gasteiger partial charge in [0.15, 0.2) is 0 Å². The third kappa shape index (κ3) is 2.03. The highest BCUT2D eigenvalue weighted by Crippen LogP contribution is 2.26. The highest BCUT2D eigenvalue weighted by Gasteiger charge is 2.06. The molecule has 2 heteroatoms. The molecule has 0 saturated carbocycles. The number of rotatable bonds is 1. The summed E-state index contributed by atoms with van der Waals surface area (Å²) in [4.78, 5) is 0. The molecule has 0 radical (unpaired) electrons. The van der Waals surface area contributed by atoms with Crippen LogP contribution >= 0.6 is 27.5 Å². The zero-order chi connectivity index (χ0) is 9.14. The summed E-state index contributed by atoms with van der Waals surface area (Å²) < 4.78 is 1.00. The van der Waals surface area contributed by atoms with Crippen LogP contribution in [-0.4, -0.2) is 0 Å². The molecule has 0 saturated heterocycles. The second-order valence-corrected chi connectivity index (χ2v) is 3.88. The van der Waals surface area contributed by atoms with E-state index in [0.29, 0.717) is 0 Å². The monoisotopic (exact) mass is 242 g/mol. The summed E-state index contributed by atoms with van der Waals surface area (Å²) in [7, 11) is 0. The largest absolute Gasteiger partial charge is 0.119 e. The van der Waals surface area contributed by atoms with Gasteiger partial charge in [0.25, 0.3) is 0 Å². The molecule has 0 aliphatic rings. The Kier molecular flexibility index (Phi) is 3.20. The molecule has 0 nitrogen and oxygen atoms in total. The summed E-state index contributed by atoms with van der Waals surface area (Å²) in [5.74, 6) is 2.71. The summed E-state index contributed by atoms with van der Waals surface area (Å²) in [5, 5.41) is 0.726. The fourth-order valence-electron chi connectivity index (χ4n) is 0.936. The molecule has 0 spiro atoms. The van der Waals surface area contributed by atoms with Crippen LogP contribution in [0.15, 0.2) is 22.7 Å². The van der Waals surface area contributed by atoms with Crippen molar-refractivity contribution >= 4 is 27.5 Å². The predicted octanol–water partition coefficient (Wildman–Crippen LogP) is 3.84. The average molecular weight is 244 g/mol. The predicted molar refractivity (Wildman–Crippen MR) is 56.4 cm³/mol. The van der Waals surface area contributed by atoms with Crippen LogP contribution in [0.2, 0.25) is 5.02 Å². The molecule has 0 aliphatic carbocycles. The average Bonchev–Trinajstić information content (AvgIpc) is 2.08. The van der Waals surface area contributed by atoms with Gasteiger partial charge in [-0.2, -0.15) is 0 Å². The standard InChI is InChI=1S/C10H8BrCl/c1-3-7(2)9-6-8(11)4-5-10(9)12/h1,4-7H,2H3. The first-order chi connectivity index (χ1) is 5.65. The van der Waals surface area contributed by atoms with Gasteiger partial charge in [-0.3, -0.25) is 0 Å². The van der Waals surface area contributed by atoms with Crippen molar-refractivity contribution in [1.29, 1.82) is 0 Å². The van der Waals surface area contributed by atoms with Crippen LogP contribution in [0.4, 0.5) is 0 Å². The number of hydrogen-bond donors (Lipinski definition) is 0. The van der Waals surface area contributed by atoms with Crippen molar-refractivity contribution in [1.82, 2.24) is 0 Å². The zero-order valence-corrected chi connectivity index (χ0v) is 8.98. The van der Waals surface area contributed by atoms with Crippen LogP contribution in [0.25, 0.3) is 0 Å². The van der Waals surface area contributed by atoms with Crippen LogP contribution in [0.5, 0.6) is 0 Å². The lowest BCUT2D eigenvalue weighted by Gasteiger charge is -2.06. The topological polar surface area (TPSA) is 0 Å². The Labute approximate surface area is 86.1 Å². The lowest BCUT2D eigenvalue weighted by molar-refractivity contribution is 1.00. The van der Waals surface area contributed by atoms with Crippen LogP contribution in [0, 0.1) is 12.3 Å². The fraction of sp³-hybridized carbons (Fsp3) is 0.200. The SMILES string of the molecule is C#CC(C)c1cc(Br)ccc1Cl. The number of benzene rings is 1. The van der Waals surface area contributed by atoms with Gasteiger partial charge in [0.05, 0.1) is 0 Å². The van der Waals surface area contributed by atoms with Gasteiger partial charge in [0.1, 0.15) is 0 Å². The Balaban J connectivity index is 3.15. The number of halogens is 2. The smallest absolute Gasteiger partial charge is 0.0451 e. The van der Waals surface area contributed by atoms with E-state index in [4.69, 9.17) is 18.0 Å². The number of terminal acetylenes is 1. The van der Waals surface area contributed by atoms with Gasteiger partial charge < -0.3 is 0 Å². The lowest BCUT2D eigenvalue weighted by Crippen LogP contribution is -1.90. The molecule has 62 valence electrons. The molecule has 1 atom stereocenters. The molecule has 1 aromatic carbocycles. The summed E-state index contributed by atoms with van der Waals surface area (Å²) in [6, 6.07) is 5.69. The van der Waals surface area contributed by atoms with E-state index in [1.165, 1.54) is 0 Å². The normalized spacial score (nSPS) is 12.2. The van der Waals surface area contributed by atoms with Crippen molar-refractivity contribution in [2.45, 2.75) is 12.8 Å². The molecule has 0 N–H and O–H groups in total. The third-order valence-corrected chi connectivity index (χ3v) is 2.51. The summed E-state index contributed by atoms with van der Waals surface area (Å²) in [6.45, 7) is 1.95. The van der Waals surface area contributed by atoms with E-state index in [9.17, 15) is 0 Å². The second kappa shape index (κ2) is 3.98. The van der Waals surface area contributed by atoms with Crippen molar-refractivity contribution in [3.8, 4) is 12.3 Å². The Morgan fingerprint density at radius 3 is 2.83 bits per heavy atom. The lowest BCUT2D eigenvalue weighted by atomic mass is 10.0. The molecular weight excluding hydrogens is 235 g/mol. The van der Waals surface area contributed by atoms with E-state index in [1.54, 1.807) is 0 Å². The van der Waals surface area contributed by atoms with Crippen molar-refractivity contribution < 1.29 is 0 Å². The maximum atomic E-state index is 5.95. The van der Waals surface area contributed by atoms with Gasteiger partial charge >= 0.3 is 0 Å². The minimum atomic E-state index is 0.0648. The molecule has 1 rings (SSSR count). The fourth-order valence-corrected chi connectivity index (χ4v) is 1.60. The minimum Gasteiger partial charge on any atom is -0.119 e. The molecule has 12 heavy (non-hydrogen) atoms. The molecule has 0 aliphatic heterocycles. The maximum absolute atomic E-state index is 5.95. The summed E-state index contributed by atoms with van der Waals surface area (Å²) in [5.41, 5.74) is 0.994. The molecule has 0 aromatic heterocycles. The highest BCUT2D eigenvalue weighted by atomic mass is 79.9. The molecule has 1 aromatic rings. The van der Waals surface area contributed by atoms with Gasteiger partial charge in [-0.05, 0) is 30.7 Å². The van der Waals surface area contributed by atoms with E-state index >= 15 is 0 Å². The molecular formula is C10H8BrCl. The molecule has 0 heterocycles. The van der Waals surface area contributed by atoms with Crippen LogP contribution in [0.3, 0.4) is 0 Å². The van der Waals surface area contributed by atoms with Crippen LogP contribution in [0.1, 0.15) is 18.4 Å². The Bertz CT molecular complexity index is 325. The highest BCUT2D eigenvalue weighted by molar-refractivity contribution is 9.10. The van der Waals surface area contributed by atoms with Crippen molar-refractivity contribution in [2.75, 3.05) is 0 Å². The van der Waals surface area contributed by atoms with E-state index in [2.05, 4.69) is 21.9 Å². The van der Waals surface area contributed by atoms with E-state index in [0.717, 1.165) is 15.1 Å². The van der Waals surface area contributed by atoms with Crippen molar-refractivity contribution in [2.24, 2.45) is 0 Å². The summed E-state index contributed by atoms with van der Waals surface area (Å²) in [6.07, 6.45) is 5.30. The van der Waals surface area contributed by atoms with E-state index < -0.39 is 0 Å². The Hall–Kier alpha value is -0.450. The quantitative estimate of drug-likeness (QED) is 0.658. The van der Waals surface area contributed by atoms with Gasteiger partial charge in [0.2, 0.25) is 0 Å². The van der Waals surface area contributed by atoms with Gasteiger partial charge in [-0.15, -0.1) is 6.42 Å². The first kappa shape index (κ1) is 9.64. The molecule has 0 amide bonds.